The van der Waals surface area contributed by atoms with Crippen molar-refractivity contribution in [3.05, 3.63) is 54.0 Å². The first-order valence-corrected chi connectivity index (χ1v) is 9.21. The van der Waals surface area contributed by atoms with Crippen LogP contribution in [0.1, 0.15) is 40.0 Å². The van der Waals surface area contributed by atoms with E-state index in [1.807, 2.05) is 0 Å². The molecule has 0 atom stereocenters. The summed E-state index contributed by atoms with van der Waals surface area (Å²) in [6.45, 7) is 2.86. The highest BCUT2D eigenvalue weighted by Crippen LogP contribution is 2.07. The topological polar surface area (TPSA) is 132 Å². The lowest BCUT2D eigenvalue weighted by Crippen LogP contribution is -2.28. The monoisotopic (exact) mass is 383 g/mol. The summed E-state index contributed by atoms with van der Waals surface area (Å²) in [6.07, 6.45) is 7.26. The molecule has 148 valence electrons. The van der Waals surface area contributed by atoms with E-state index in [1.165, 1.54) is 12.3 Å². The number of amides is 2. The van der Waals surface area contributed by atoms with Crippen LogP contribution in [0.2, 0.25) is 0 Å². The highest BCUT2D eigenvalue weighted by molar-refractivity contribution is 5.94. The van der Waals surface area contributed by atoms with Crippen molar-refractivity contribution in [3.8, 4) is 0 Å². The van der Waals surface area contributed by atoms with Crippen LogP contribution in [0, 0.1) is 5.53 Å². The van der Waals surface area contributed by atoms with E-state index >= 15 is 0 Å². The number of pyridine rings is 2. The summed E-state index contributed by atoms with van der Waals surface area (Å²) in [6, 6.07) is 6.61. The normalized spacial score (nSPS) is 10.3. The number of hydrogen-bond acceptors (Lipinski definition) is 7. The van der Waals surface area contributed by atoms with Gasteiger partial charge < -0.3 is 16.0 Å². The molecule has 2 aromatic rings. The second-order valence-corrected chi connectivity index (χ2v) is 6.08. The zero-order chi connectivity index (χ0) is 20.0. The average Bonchev–Trinajstić information content (AvgIpc) is 2.75. The third kappa shape index (κ3) is 7.58. The van der Waals surface area contributed by atoms with Gasteiger partial charge in [0.15, 0.2) is 5.82 Å². The number of unbranched alkanes of at least 4 members (excludes halogenated alkanes) is 1. The Morgan fingerprint density at radius 2 is 1.57 bits per heavy atom. The summed E-state index contributed by atoms with van der Waals surface area (Å²) in [5.41, 5.74) is 7.86. The van der Waals surface area contributed by atoms with Gasteiger partial charge in [0.2, 0.25) is 0 Å². The Bertz CT molecular complexity index is 751. The molecule has 4 N–H and O–H groups in total. The quantitative estimate of drug-likeness (QED) is 0.329. The van der Waals surface area contributed by atoms with Gasteiger partial charge in [-0.05, 0) is 56.6 Å². The molecule has 0 saturated heterocycles. The minimum absolute atomic E-state index is 0.101. The maximum Gasteiger partial charge on any atom is 0.252 e. The lowest BCUT2D eigenvalue weighted by Gasteiger charge is -2.07. The molecule has 0 saturated carbocycles. The van der Waals surface area contributed by atoms with Gasteiger partial charge in [0.25, 0.3) is 11.8 Å². The van der Waals surface area contributed by atoms with Crippen molar-refractivity contribution in [2.45, 2.75) is 19.3 Å². The van der Waals surface area contributed by atoms with E-state index in [9.17, 15) is 9.59 Å². The molecule has 0 fully saturated rings. The minimum Gasteiger partial charge on any atom is -0.352 e. The van der Waals surface area contributed by atoms with Gasteiger partial charge in [-0.2, -0.15) is 0 Å². The van der Waals surface area contributed by atoms with E-state index in [0.717, 1.165) is 32.4 Å². The Labute approximate surface area is 163 Å². The molecule has 0 radical (unpaired) electrons. The van der Waals surface area contributed by atoms with Gasteiger partial charge in [0.1, 0.15) is 0 Å². The first-order valence-electron chi connectivity index (χ1n) is 9.21. The largest absolute Gasteiger partial charge is 0.352 e. The fourth-order valence-corrected chi connectivity index (χ4v) is 2.40. The van der Waals surface area contributed by atoms with Crippen LogP contribution >= 0.6 is 0 Å². The average molecular weight is 383 g/mol. The molecule has 2 heterocycles. The molecule has 2 amide bonds. The molecule has 9 heteroatoms. The molecule has 2 rings (SSSR count). The third-order valence-electron chi connectivity index (χ3n) is 3.93. The van der Waals surface area contributed by atoms with Gasteiger partial charge in [-0.25, -0.2) is 10.5 Å². The van der Waals surface area contributed by atoms with Crippen LogP contribution < -0.4 is 16.0 Å². The van der Waals surface area contributed by atoms with Crippen LogP contribution in [-0.4, -0.2) is 48.0 Å². The molecule has 9 nitrogen and oxygen atoms in total. The first-order chi connectivity index (χ1) is 13.7. The molecule has 0 unspecified atom stereocenters. The van der Waals surface area contributed by atoms with E-state index in [4.69, 9.17) is 5.53 Å². The predicted molar refractivity (Wildman–Crippen MR) is 105 cm³/mol. The number of nitrogens with zero attached hydrogens (tertiary/aromatic N) is 3. The van der Waals surface area contributed by atoms with Gasteiger partial charge in [-0.15, -0.1) is 5.11 Å². The van der Waals surface area contributed by atoms with Crippen LogP contribution in [0.25, 0.3) is 0 Å². The number of nitrogens with one attached hydrogen (secondary N) is 4. The maximum atomic E-state index is 11.9. The molecule has 0 aromatic carbocycles. The zero-order valence-corrected chi connectivity index (χ0v) is 15.6. The van der Waals surface area contributed by atoms with Crippen molar-refractivity contribution in [2.24, 2.45) is 5.11 Å². The minimum atomic E-state index is -0.187. The number of hydrogen-bond donors (Lipinski definition) is 4. The number of aromatic nitrogens is 2. The standard InChI is InChI=1S/C19H25N7O2/c20-26-17-7-6-16(14-25-17)19(28)24-12-4-10-21-8-1-2-11-23-18(27)15-5-3-9-22-13-15/h3,5-7,9,13-14,20-21H,1-2,4,8,10-12H2,(H,23,27)(H,24,28). The van der Waals surface area contributed by atoms with Crippen LogP contribution in [0.15, 0.2) is 48.0 Å². The smallest absolute Gasteiger partial charge is 0.252 e. The fourth-order valence-electron chi connectivity index (χ4n) is 2.40. The van der Waals surface area contributed by atoms with E-state index in [0.29, 0.717) is 24.2 Å². The molecular weight excluding hydrogens is 358 g/mol. The molecule has 0 spiro atoms. The highest BCUT2D eigenvalue weighted by Gasteiger charge is 2.05. The number of carbonyl (C=O) groups is 2. The summed E-state index contributed by atoms with van der Waals surface area (Å²) in [5.74, 6) is -0.0125. The molecule has 0 aliphatic heterocycles. The van der Waals surface area contributed by atoms with Crippen molar-refractivity contribution >= 4 is 17.6 Å². The number of rotatable bonds is 12. The maximum absolute atomic E-state index is 11.9. The van der Waals surface area contributed by atoms with Crippen LogP contribution in [-0.2, 0) is 0 Å². The summed E-state index contributed by atoms with van der Waals surface area (Å²) in [5, 5.41) is 12.2. The van der Waals surface area contributed by atoms with Crippen molar-refractivity contribution in [2.75, 3.05) is 26.2 Å². The Morgan fingerprint density at radius 3 is 2.21 bits per heavy atom. The summed E-state index contributed by atoms with van der Waals surface area (Å²) in [4.78, 5) is 31.6. The second-order valence-electron chi connectivity index (χ2n) is 6.08. The zero-order valence-electron chi connectivity index (χ0n) is 15.6. The lowest BCUT2D eigenvalue weighted by molar-refractivity contribution is 0.0944. The van der Waals surface area contributed by atoms with Crippen molar-refractivity contribution < 1.29 is 9.59 Å². The van der Waals surface area contributed by atoms with Crippen molar-refractivity contribution in [3.63, 3.8) is 0 Å². The van der Waals surface area contributed by atoms with Crippen molar-refractivity contribution in [1.82, 2.24) is 25.9 Å². The molecule has 2 aromatic heterocycles. The summed E-state index contributed by atoms with van der Waals surface area (Å²) >= 11 is 0. The first kappa shape index (κ1) is 21.1. The van der Waals surface area contributed by atoms with Crippen molar-refractivity contribution in [1.29, 1.82) is 5.53 Å². The van der Waals surface area contributed by atoms with E-state index in [2.05, 4.69) is 31.0 Å². The molecule has 0 bridgehead atoms. The SMILES string of the molecule is N=Nc1ccc(C(=O)NCCCNCCCCNC(=O)c2cccnc2)cn1. The summed E-state index contributed by atoms with van der Waals surface area (Å²) < 4.78 is 0. The van der Waals surface area contributed by atoms with E-state index in [-0.39, 0.29) is 17.6 Å². The second kappa shape index (κ2) is 12.2. The van der Waals surface area contributed by atoms with Crippen LogP contribution in [0.4, 0.5) is 5.82 Å². The molecule has 0 aliphatic rings. The molecule has 28 heavy (non-hydrogen) atoms. The van der Waals surface area contributed by atoms with Crippen LogP contribution in [0.3, 0.4) is 0 Å². The summed E-state index contributed by atoms with van der Waals surface area (Å²) in [7, 11) is 0. The fraction of sp³-hybridized carbons (Fsp3) is 0.368. The highest BCUT2D eigenvalue weighted by atomic mass is 16.2. The van der Waals surface area contributed by atoms with Gasteiger partial charge in [0.05, 0.1) is 11.1 Å². The number of carbonyl (C=O) groups excluding carboxylic acids is 2. The van der Waals surface area contributed by atoms with Crippen LogP contribution in [0.5, 0.6) is 0 Å². The third-order valence-corrected chi connectivity index (χ3v) is 3.93. The van der Waals surface area contributed by atoms with Gasteiger partial charge >= 0.3 is 0 Å². The Balaban J connectivity index is 1.44. The molecular formula is C19H25N7O2. The van der Waals surface area contributed by atoms with E-state index < -0.39 is 0 Å². The van der Waals surface area contributed by atoms with Gasteiger partial charge in [-0.3, -0.25) is 14.6 Å². The Hall–Kier alpha value is -3.20. The van der Waals surface area contributed by atoms with Gasteiger partial charge in [-0.1, -0.05) is 0 Å². The Kier molecular flexibility index (Phi) is 9.22. The van der Waals surface area contributed by atoms with E-state index in [1.54, 1.807) is 30.6 Å². The Morgan fingerprint density at radius 1 is 0.893 bits per heavy atom. The van der Waals surface area contributed by atoms with Gasteiger partial charge in [0, 0.05) is 31.7 Å². The lowest BCUT2D eigenvalue weighted by atomic mass is 10.2. The molecule has 0 aliphatic carbocycles. The predicted octanol–water partition coefficient (Wildman–Crippen LogP) is 2.06.